The number of fused-ring (bicyclic) bond motifs is 1. The number of carbonyl (C=O) groups is 1. The molecule has 0 fully saturated rings. The number of benzene rings is 1. The molecule has 94 valence electrons. The van der Waals surface area contributed by atoms with E-state index in [0.29, 0.717) is 5.95 Å². The van der Waals surface area contributed by atoms with Gasteiger partial charge in [0.15, 0.2) is 0 Å². The monoisotopic (exact) mass is 254 g/mol. The second kappa shape index (κ2) is 4.37. The van der Waals surface area contributed by atoms with E-state index in [-0.39, 0.29) is 11.5 Å². The van der Waals surface area contributed by atoms with Crippen LogP contribution in [-0.4, -0.2) is 25.8 Å². The Kier molecular flexibility index (Phi) is 2.57. The molecule has 1 amide bonds. The average Bonchev–Trinajstić information content (AvgIpc) is 2.81. The van der Waals surface area contributed by atoms with Crippen molar-refractivity contribution in [2.24, 2.45) is 0 Å². The second-order valence-electron chi connectivity index (χ2n) is 3.88. The van der Waals surface area contributed by atoms with Gasteiger partial charge in [-0.3, -0.25) is 10.1 Å². The smallest absolute Gasteiger partial charge is 0.278 e. The van der Waals surface area contributed by atoms with Gasteiger partial charge < -0.3 is 10.7 Å². The maximum Gasteiger partial charge on any atom is 0.278 e. The van der Waals surface area contributed by atoms with Crippen LogP contribution in [0.1, 0.15) is 10.5 Å². The molecule has 0 saturated carbocycles. The number of rotatable bonds is 2. The fourth-order valence-electron chi connectivity index (χ4n) is 1.64. The Morgan fingerprint density at radius 3 is 2.79 bits per heavy atom. The van der Waals surface area contributed by atoms with E-state index in [1.54, 1.807) is 0 Å². The SMILES string of the molecule is Nc1cnc(C(=O)Nc2nc3ccccc3[nH]2)cn1. The summed E-state index contributed by atoms with van der Waals surface area (Å²) in [5.74, 6) is 0.233. The first kappa shape index (κ1) is 11.1. The van der Waals surface area contributed by atoms with Crippen molar-refractivity contribution in [1.82, 2.24) is 19.9 Å². The minimum atomic E-state index is -0.397. The van der Waals surface area contributed by atoms with Gasteiger partial charge in [0, 0.05) is 0 Å². The molecule has 0 aliphatic carbocycles. The number of nitrogens with zero attached hydrogens (tertiary/aromatic N) is 3. The van der Waals surface area contributed by atoms with Crippen LogP contribution in [0.15, 0.2) is 36.7 Å². The number of aromatic nitrogens is 4. The molecule has 0 saturated heterocycles. The zero-order chi connectivity index (χ0) is 13.2. The Balaban J connectivity index is 1.84. The largest absolute Gasteiger partial charge is 0.382 e. The van der Waals surface area contributed by atoms with E-state index in [9.17, 15) is 4.79 Å². The summed E-state index contributed by atoms with van der Waals surface area (Å²) in [6, 6.07) is 7.49. The predicted octanol–water partition coefficient (Wildman–Crippen LogP) is 1.19. The molecule has 0 unspecified atom stereocenters. The Bertz CT molecular complexity index is 700. The number of nitrogens with two attached hydrogens (primary N) is 1. The number of H-pyrrole nitrogens is 1. The Labute approximate surface area is 107 Å². The summed E-state index contributed by atoms with van der Waals surface area (Å²) in [7, 11) is 0. The molecule has 19 heavy (non-hydrogen) atoms. The van der Waals surface area contributed by atoms with Crippen molar-refractivity contribution in [1.29, 1.82) is 0 Å². The van der Waals surface area contributed by atoms with E-state index < -0.39 is 5.91 Å². The third-order valence-electron chi connectivity index (χ3n) is 2.53. The zero-order valence-electron chi connectivity index (χ0n) is 9.79. The number of carbonyl (C=O) groups excluding carboxylic acids is 1. The van der Waals surface area contributed by atoms with E-state index in [1.807, 2.05) is 24.3 Å². The van der Waals surface area contributed by atoms with Crippen LogP contribution in [0.5, 0.6) is 0 Å². The fraction of sp³-hybridized carbons (Fsp3) is 0. The maximum atomic E-state index is 11.9. The molecular weight excluding hydrogens is 244 g/mol. The first-order valence-corrected chi connectivity index (χ1v) is 5.56. The van der Waals surface area contributed by atoms with Crippen LogP contribution in [-0.2, 0) is 0 Å². The van der Waals surface area contributed by atoms with Crippen LogP contribution in [0.3, 0.4) is 0 Å². The summed E-state index contributed by atoms with van der Waals surface area (Å²) in [6.07, 6.45) is 2.64. The number of hydrogen-bond acceptors (Lipinski definition) is 5. The van der Waals surface area contributed by atoms with Crippen LogP contribution in [0.4, 0.5) is 11.8 Å². The minimum absolute atomic E-state index is 0.176. The van der Waals surface area contributed by atoms with Crippen molar-refractivity contribution in [3.63, 3.8) is 0 Å². The maximum absolute atomic E-state index is 11.9. The van der Waals surface area contributed by atoms with Crippen molar-refractivity contribution in [3.05, 3.63) is 42.4 Å². The van der Waals surface area contributed by atoms with Crippen molar-refractivity contribution < 1.29 is 4.79 Å². The third-order valence-corrected chi connectivity index (χ3v) is 2.53. The predicted molar refractivity (Wildman–Crippen MR) is 70.5 cm³/mol. The molecule has 3 rings (SSSR count). The molecular formula is C12H10N6O. The van der Waals surface area contributed by atoms with Gasteiger partial charge in [0.25, 0.3) is 5.91 Å². The fourth-order valence-corrected chi connectivity index (χ4v) is 1.64. The van der Waals surface area contributed by atoms with Gasteiger partial charge in [-0.1, -0.05) is 12.1 Å². The first-order chi connectivity index (χ1) is 9.22. The van der Waals surface area contributed by atoms with E-state index in [2.05, 4.69) is 25.3 Å². The van der Waals surface area contributed by atoms with E-state index >= 15 is 0 Å². The number of para-hydroxylation sites is 2. The molecule has 2 heterocycles. The van der Waals surface area contributed by atoms with Crippen LogP contribution < -0.4 is 11.1 Å². The topological polar surface area (TPSA) is 110 Å². The van der Waals surface area contributed by atoms with Crippen molar-refractivity contribution in [3.8, 4) is 0 Å². The summed E-state index contributed by atoms with van der Waals surface area (Å²) >= 11 is 0. The Morgan fingerprint density at radius 1 is 1.21 bits per heavy atom. The molecule has 1 aromatic carbocycles. The third kappa shape index (κ3) is 2.21. The van der Waals surface area contributed by atoms with Gasteiger partial charge >= 0.3 is 0 Å². The number of aromatic amines is 1. The first-order valence-electron chi connectivity index (χ1n) is 5.56. The molecule has 0 atom stereocenters. The Hall–Kier alpha value is -2.96. The number of anilines is 2. The molecule has 2 aromatic heterocycles. The normalized spacial score (nSPS) is 10.5. The molecule has 7 nitrogen and oxygen atoms in total. The Morgan fingerprint density at radius 2 is 2.05 bits per heavy atom. The minimum Gasteiger partial charge on any atom is -0.382 e. The zero-order valence-corrected chi connectivity index (χ0v) is 9.79. The highest BCUT2D eigenvalue weighted by molar-refractivity contribution is 6.02. The lowest BCUT2D eigenvalue weighted by atomic mass is 10.3. The van der Waals surface area contributed by atoms with E-state index in [4.69, 9.17) is 5.73 Å². The summed E-state index contributed by atoms with van der Waals surface area (Å²) < 4.78 is 0. The van der Waals surface area contributed by atoms with Crippen molar-refractivity contribution in [2.75, 3.05) is 11.1 Å². The lowest BCUT2D eigenvalue weighted by molar-refractivity contribution is 0.102. The second-order valence-corrected chi connectivity index (χ2v) is 3.88. The van der Waals surface area contributed by atoms with Gasteiger partial charge in [0.05, 0.1) is 23.4 Å². The highest BCUT2D eigenvalue weighted by Gasteiger charge is 2.10. The highest BCUT2D eigenvalue weighted by Crippen LogP contribution is 2.13. The van der Waals surface area contributed by atoms with Gasteiger partial charge in [-0.2, -0.15) is 0 Å². The molecule has 7 heteroatoms. The van der Waals surface area contributed by atoms with Gasteiger partial charge in [0.1, 0.15) is 11.5 Å². The van der Waals surface area contributed by atoms with Crippen LogP contribution in [0.25, 0.3) is 11.0 Å². The van der Waals surface area contributed by atoms with E-state index in [1.165, 1.54) is 12.4 Å². The molecule has 4 N–H and O–H groups in total. The lowest BCUT2D eigenvalue weighted by Crippen LogP contribution is -2.15. The molecule has 0 radical (unpaired) electrons. The number of hydrogen-bond donors (Lipinski definition) is 3. The number of amides is 1. The molecule has 0 bridgehead atoms. The summed E-state index contributed by atoms with van der Waals surface area (Å²) in [5, 5.41) is 2.62. The van der Waals surface area contributed by atoms with E-state index in [0.717, 1.165) is 11.0 Å². The molecule has 0 spiro atoms. The number of nitrogens with one attached hydrogen (secondary N) is 2. The molecule has 0 aliphatic rings. The van der Waals surface area contributed by atoms with Gasteiger partial charge in [-0.15, -0.1) is 0 Å². The van der Waals surface area contributed by atoms with Gasteiger partial charge in [-0.25, -0.2) is 15.0 Å². The average molecular weight is 254 g/mol. The van der Waals surface area contributed by atoms with Crippen LogP contribution >= 0.6 is 0 Å². The summed E-state index contributed by atoms with van der Waals surface area (Å²) in [4.78, 5) is 26.8. The summed E-state index contributed by atoms with van der Waals surface area (Å²) in [6.45, 7) is 0. The quantitative estimate of drug-likeness (QED) is 0.636. The van der Waals surface area contributed by atoms with Crippen molar-refractivity contribution >= 4 is 28.7 Å². The standard InChI is InChI=1S/C12H10N6O/c13-10-6-14-9(5-15-10)11(19)18-12-16-7-3-1-2-4-8(7)17-12/h1-6H,(H2,13,15)(H2,16,17,18,19). The molecule has 3 aromatic rings. The lowest BCUT2D eigenvalue weighted by Gasteiger charge is -2.00. The number of imidazole rings is 1. The number of nitrogen functional groups attached to an aromatic ring is 1. The highest BCUT2D eigenvalue weighted by atomic mass is 16.2. The van der Waals surface area contributed by atoms with Crippen LogP contribution in [0, 0.1) is 0 Å². The summed E-state index contributed by atoms with van der Waals surface area (Å²) in [5.41, 5.74) is 7.21. The molecule has 0 aliphatic heterocycles. The van der Waals surface area contributed by atoms with Crippen molar-refractivity contribution in [2.45, 2.75) is 0 Å². The van der Waals surface area contributed by atoms with Gasteiger partial charge in [-0.05, 0) is 12.1 Å². The van der Waals surface area contributed by atoms with Crippen LogP contribution in [0.2, 0.25) is 0 Å². The van der Waals surface area contributed by atoms with Gasteiger partial charge in [0.2, 0.25) is 5.95 Å².